The number of H-pyrrole nitrogens is 1. The highest BCUT2D eigenvalue weighted by Gasteiger charge is 2.08. The number of benzene rings is 1. The molecule has 22 heavy (non-hydrogen) atoms. The van der Waals surface area contributed by atoms with Gasteiger partial charge in [0.15, 0.2) is 5.82 Å². The molecule has 0 unspecified atom stereocenters. The largest absolute Gasteiger partial charge is 0.497 e. The molecule has 1 N–H and O–H groups in total. The maximum absolute atomic E-state index is 5.25. The second kappa shape index (κ2) is 6.25. The van der Waals surface area contributed by atoms with Crippen molar-refractivity contribution in [1.29, 1.82) is 0 Å². The van der Waals surface area contributed by atoms with E-state index in [1.165, 1.54) is 4.88 Å². The van der Waals surface area contributed by atoms with Crippen molar-refractivity contribution in [1.82, 2.24) is 14.9 Å². The van der Waals surface area contributed by atoms with Crippen molar-refractivity contribution in [3.63, 3.8) is 0 Å². The van der Waals surface area contributed by atoms with Gasteiger partial charge in [-0.3, -0.25) is 0 Å². The van der Waals surface area contributed by atoms with Crippen LogP contribution in [0.5, 0.6) is 5.75 Å². The summed E-state index contributed by atoms with van der Waals surface area (Å²) in [5.74, 6) is 1.46. The van der Waals surface area contributed by atoms with Crippen LogP contribution in [0, 0.1) is 11.7 Å². The molecule has 2 heterocycles. The molecular weight excluding hydrogens is 316 g/mol. The first-order valence-corrected chi connectivity index (χ1v) is 7.82. The second-order valence-electron chi connectivity index (χ2n) is 4.59. The number of hydrogen-bond acceptors (Lipinski definition) is 5. The Hall–Kier alpha value is -2.25. The van der Waals surface area contributed by atoms with Crippen LogP contribution in [0.4, 0.5) is 0 Å². The Morgan fingerprint density at radius 3 is 2.68 bits per heavy atom. The molecule has 0 bridgehead atoms. The third kappa shape index (κ3) is 3.00. The summed E-state index contributed by atoms with van der Waals surface area (Å²) in [5.41, 5.74) is 0.910. The third-order valence-corrected chi connectivity index (χ3v) is 4.26. The minimum atomic E-state index is 0.454. The molecule has 0 spiro atoms. The van der Waals surface area contributed by atoms with Gasteiger partial charge in [-0.1, -0.05) is 0 Å². The molecule has 0 saturated carbocycles. The van der Waals surface area contributed by atoms with Gasteiger partial charge in [0.1, 0.15) is 5.75 Å². The van der Waals surface area contributed by atoms with E-state index in [4.69, 9.17) is 17.0 Å². The lowest BCUT2D eigenvalue weighted by atomic mass is 10.2. The van der Waals surface area contributed by atoms with E-state index in [0.717, 1.165) is 16.2 Å². The van der Waals surface area contributed by atoms with Gasteiger partial charge in [0.25, 0.3) is 0 Å². The van der Waals surface area contributed by atoms with E-state index in [1.807, 2.05) is 30.3 Å². The van der Waals surface area contributed by atoms with Gasteiger partial charge in [0.05, 0.1) is 13.3 Å². The normalized spacial score (nSPS) is 11.2. The van der Waals surface area contributed by atoms with E-state index in [-0.39, 0.29) is 0 Å². The van der Waals surface area contributed by atoms with Crippen LogP contribution in [0.25, 0.3) is 11.4 Å². The summed E-state index contributed by atoms with van der Waals surface area (Å²) in [5, 5.41) is 11.5. The van der Waals surface area contributed by atoms with E-state index in [2.05, 4.69) is 28.3 Å². The average Bonchev–Trinajstić information content (AvgIpc) is 3.11. The summed E-state index contributed by atoms with van der Waals surface area (Å²) in [6, 6.07) is 11.7. The summed E-state index contributed by atoms with van der Waals surface area (Å²) in [4.78, 5) is 2.31. The lowest BCUT2D eigenvalue weighted by Crippen LogP contribution is -1.94. The third-order valence-electron chi connectivity index (χ3n) is 3.06. The minimum absolute atomic E-state index is 0.454. The quantitative estimate of drug-likeness (QED) is 0.583. The molecule has 0 atom stereocenters. The van der Waals surface area contributed by atoms with Gasteiger partial charge in [-0.05, 0) is 55.5 Å². The molecule has 0 aliphatic rings. The molecule has 5 nitrogen and oxygen atoms in total. The van der Waals surface area contributed by atoms with E-state index in [0.29, 0.717) is 10.6 Å². The van der Waals surface area contributed by atoms with Crippen molar-refractivity contribution in [3.8, 4) is 17.1 Å². The Morgan fingerprint density at radius 1 is 1.27 bits per heavy atom. The highest BCUT2D eigenvalue weighted by molar-refractivity contribution is 7.71. The zero-order valence-corrected chi connectivity index (χ0v) is 13.7. The smallest absolute Gasteiger partial charge is 0.216 e. The number of hydrogen-bond donors (Lipinski definition) is 1. The van der Waals surface area contributed by atoms with E-state index < -0.39 is 0 Å². The van der Waals surface area contributed by atoms with Crippen molar-refractivity contribution in [2.45, 2.75) is 6.92 Å². The van der Waals surface area contributed by atoms with Crippen LogP contribution in [0.1, 0.15) is 9.75 Å². The van der Waals surface area contributed by atoms with Crippen molar-refractivity contribution < 1.29 is 4.74 Å². The molecule has 1 aromatic carbocycles. The first kappa shape index (κ1) is 14.7. The molecule has 0 aliphatic carbocycles. The molecule has 0 saturated heterocycles. The van der Waals surface area contributed by atoms with Crippen LogP contribution >= 0.6 is 23.6 Å². The fraction of sp³-hybridized carbons (Fsp3) is 0.133. The molecule has 112 valence electrons. The number of nitrogens with one attached hydrogen (secondary N) is 1. The lowest BCUT2D eigenvalue weighted by molar-refractivity contribution is 0.415. The molecule has 3 aromatic rings. The Morgan fingerprint density at radius 2 is 2.05 bits per heavy atom. The van der Waals surface area contributed by atoms with E-state index in [1.54, 1.807) is 29.3 Å². The Balaban J connectivity index is 1.96. The lowest BCUT2D eigenvalue weighted by Gasteiger charge is -2.02. The molecule has 3 rings (SSSR count). The first-order valence-electron chi connectivity index (χ1n) is 6.60. The molecule has 0 aliphatic heterocycles. The fourth-order valence-corrected chi connectivity index (χ4v) is 2.89. The maximum Gasteiger partial charge on any atom is 0.216 e. The van der Waals surface area contributed by atoms with Crippen LogP contribution in [0.3, 0.4) is 0 Å². The number of thiophene rings is 1. The van der Waals surface area contributed by atoms with Crippen molar-refractivity contribution in [2.75, 3.05) is 7.11 Å². The number of rotatable bonds is 4. The predicted octanol–water partition coefficient (Wildman–Crippen LogP) is 3.87. The molecule has 0 amide bonds. The van der Waals surface area contributed by atoms with Crippen LogP contribution < -0.4 is 4.74 Å². The van der Waals surface area contributed by atoms with Crippen LogP contribution in [-0.2, 0) is 0 Å². The number of aromatic amines is 1. The van der Waals surface area contributed by atoms with Crippen molar-refractivity contribution in [2.24, 2.45) is 5.10 Å². The number of aryl methyl sites for hydroxylation is 1. The maximum atomic E-state index is 5.25. The van der Waals surface area contributed by atoms with Crippen LogP contribution in [-0.4, -0.2) is 28.2 Å². The molecule has 0 radical (unpaired) electrons. The van der Waals surface area contributed by atoms with E-state index in [9.17, 15) is 0 Å². The monoisotopic (exact) mass is 330 g/mol. The summed E-state index contributed by atoms with van der Waals surface area (Å²) in [6.07, 6.45) is 1.79. The van der Waals surface area contributed by atoms with Gasteiger partial charge < -0.3 is 4.74 Å². The topological polar surface area (TPSA) is 55.2 Å². The first-order chi connectivity index (χ1) is 10.7. The number of aromatic nitrogens is 3. The summed E-state index contributed by atoms with van der Waals surface area (Å²) >= 11 is 6.93. The Kier molecular flexibility index (Phi) is 4.17. The standard InChI is InChI=1S/C15H14N4OS2/c1-10-3-8-13(22-10)9-16-19-14(17-18-15(19)21)11-4-6-12(20-2)7-5-11/h3-9H,1-2H3,(H,18,21)/b16-9-. The highest BCUT2D eigenvalue weighted by Crippen LogP contribution is 2.21. The van der Waals surface area contributed by atoms with Crippen molar-refractivity contribution >= 4 is 29.8 Å². The zero-order chi connectivity index (χ0) is 15.5. The van der Waals surface area contributed by atoms with Gasteiger partial charge in [-0.15, -0.1) is 11.3 Å². The SMILES string of the molecule is COc1ccc(-c2n[nH]c(=S)n2/N=C\c2ccc(C)s2)cc1. The molecule has 7 heteroatoms. The average molecular weight is 330 g/mol. The predicted molar refractivity (Wildman–Crippen MR) is 91.4 cm³/mol. The number of ether oxygens (including phenoxy) is 1. The Bertz CT molecular complexity index is 858. The molecular formula is C15H14N4OS2. The molecule has 2 aromatic heterocycles. The summed E-state index contributed by atoms with van der Waals surface area (Å²) < 4.78 is 7.24. The van der Waals surface area contributed by atoms with Gasteiger partial charge in [0.2, 0.25) is 4.77 Å². The minimum Gasteiger partial charge on any atom is -0.497 e. The summed E-state index contributed by atoms with van der Waals surface area (Å²) in [6.45, 7) is 2.06. The van der Waals surface area contributed by atoms with E-state index >= 15 is 0 Å². The fourth-order valence-electron chi connectivity index (χ4n) is 1.96. The zero-order valence-electron chi connectivity index (χ0n) is 12.1. The van der Waals surface area contributed by atoms with Gasteiger partial charge in [0, 0.05) is 15.3 Å². The van der Waals surface area contributed by atoms with Gasteiger partial charge in [-0.2, -0.15) is 14.9 Å². The van der Waals surface area contributed by atoms with Crippen molar-refractivity contribution in [3.05, 3.63) is 50.9 Å². The van der Waals surface area contributed by atoms with Gasteiger partial charge in [-0.25, -0.2) is 5.10 Å². The number of methoxy groups -OCH3 is 1. The second-order valence-corrected chi connectivity index (χ2v) is 6.29. The molecule has 0 fully saturated rings. The van der Waals surface area contributed by atoms with Crippen LogP contribution in [0.2, 0.25) is 0 Å². The van der Waals surface area contributed by atoms with Crippen LogP contribution in [0.15, 0.2) is 41.5 Å². The Labute approximate surface area is 136 Å². The highest BCUT2D eigenvalue weighted by atomic mass is 32.1. The number of nitrogens with zero attached hydrogens (tertiary/aromatic N) is 3. The summed E-state index contributed by atoms with van der Waals surface area (Å²) in [7, 11) is 1.64. The van der Waals surface area contributed by atoms with Gasteiger partial charge >= 0.3 is 0 Å².